The van der Waals surface area contributed by atoms with E-state index in [9.17, 15) is 15.2 Å². The van der Waals surface area contributed by atoms with Crippen molar-refractivity contribution in [3.05, 3.63) is 46.0 Å². The van der Waals surface area contributed by atoms with Gasteiger partial charge in [-0.05, 0) is 19.1 Å². The highest BCUT2D eigenvalue weighted by atomic mass is 16.6. The van der Waals surface area contributed by atoms with Crippen LogP contribution < -0.4 is 9.47 Å². The summed E-state index contributed by atoms with van der Waals surface area (Å²) in [6.45, 7) is 1.64. The summed E-state index contributed by atoms with van der Waals surface area (Å²) in [5, 5.41) is 20.6. The fourth-order valence-corrected chi connectivity index (χ4v) is 1.56. The summed E-state index contributed by atoms with van der Waals surface area (Å²) in [6, 6.07) is 7.28. The van der Waals surface area contributed by atoms with Crippen molar-refractivity contribution in [1.82, 2.24) is 4.98 Å². The Morgan fingerprint density at radius 1 is 1.30 bits per heavy atom. The van der Waals surface area contributed by atoms with Gasteiger partial charge in [-0.15, -0.1) is 0 Å². The van der Waals surface area contributed by atoms with Crippen LogP contribution in [0.3, 0.4) is 0 Å². The first-order valence-corrected chi connectivity index (χ1v) is 5.68. The van der Waals surface area contributed by atoms with Crippen molar-refractivity contribution in [3.8, 4) is 23.3 Å². The van der Waals surface area contributed by atoms with Gasteiger partial charge in [-0.3, -0.25) is 10.1 Å². The van der Waals surface area contributed by atoms with Gasteiger partial charge in [0.2, 0.25) is 5.88 Å². The molecule has 0 aliphatic carbocycles. The fourth-order valence-electron chi connectivity index (χ4n) is 1.56. The SMILES string of the molecule is COc1ccc([N+](=O)[O-])c(Oc2cccc(O)c2C)n1. The first kappa shape index (κ1) is 13.6. The molecular weight excluding hydrogens is 264 g/mol. The first-order valence-electron chi connectivity index (χ1n) is 5.68. The van der Waals surface area contributed by atoms with E-state index in [1.165, 1.54) is 25.3 Å². The molecule has 1 aromatic heterocycles. The van der Waals surface area contributed by atoms with Crippen LogP contribution in [0.25, 0.3) is 0 Å². The number of nitrogens with zero attached hydrogens (tertiary/aromatic N) is 2. The zero-order valence-corrected chi connectivity index (χ0v) is 10.9. The van der Waals surface area contributed by atoms with Crippen molar-refractivity contribution in [2.75, 3.05) is 7.11 Å². The number of hydrogen-bond acceptors (Lipinski definition) is 6. The van der Waals surface area contributed by atoms with Gasteiger partial charge in [-0.25, -0.2) is 0 Å². The topological polar surface area (TPSA) is 94.7 Å². The molecule has 0 fully saturated rings. The van der Waals surface area contributed by atoms with Gasteiger partial charge in [0.25, 0.3) is 0 Å². The molecule has 0 spiro atoms. The molecule has 104 valence electrons. The zero-order valence-electron chi connectivity index (χ0n) is 10.9. The summed E-state index contributed by atoms with van der Waals surface area (Å²) in [5.41, 5.74) is 0.181. The lowest BCUT2D eigenvalue weighted by Crippen LogP contribution is -1.98. The average molecular weight is 276 g/mol. The third-order valence-corrected chi connectivity index (χ3v) is 2.68. The summed E-state index contributed by atoms with van der Waals surface area (Å²) in [5.74, 6) is 0.327. The van der Waals surface area contributed by atoms with E-state index in [1.54, 1.807) is 19.1 Å². The Hall–Kier alpha value is -2.83. The van der Waals surface area contributed by atoms with Crippen molar-refractivity contribution >= 4 is 5.69 Å². The Morgan fingerprint density at radius 3 is 2.70 bits per heavy atom. The zero-order chi connectivity index (χ0) is 14.7. The second-order valence-corrected chi connectivity index (χ2v) is 3.94. The molecule has 0 unspecified atom stereocenters. The number of phenols is 1. The van der Waals surface area contributed by atoms with Gasteiger partial charge in [0.1, 0.15) is 11.5 Å². The number of phenolic OH excluding ortho intramolecular Hbond substituents is 1. The lowest BCUT2D eigenvalue weighted by atomic mass is 10.2. The molecule has 2 rings (SSSR count). The molecule has 0 radical (unpaired) electrons. The molecular formula is C13H12N2O5. The number of aromatic hydroxyl groups is 1. The Kier molecular flexibility index (Phi) is 3.69. The summed E-state index contributed by atoms with van der Waals surface area (Å²) in [7, 11) is 1.40. The van der Waals surface area contributed by atoms with E-state index in [0.717, 1.165) is 0 Å². The van der Waals surface area contributed by atoms with E-state index in [-0.39, 0.29) is 28.9 Å². The van der Waals surface area contributed by atoms with Crippen LogP contribution in [0.1, 0.15) is 5.56 Å². The Morgan fingerprint density at radius 2 is 2.05 bits per heavy atom. The lowest BCUT2D eigenvalue weighted by Gasteiger charge is -2.09. The third-order valence-electron chi connectivity index (χ3n) is 2.68. The molecule has 1 N–H and O–H groups in total. The lowest BCUT2D eigenvalue weighted by molar-refractivity contribution is -0.386. The smallest absolute Gasteiger partial charge is 0.331 e. The van der Waals surface area contributed by atoms with Gasteiger partial charge < -0.3 is 14.6 Å². The molecule has 1 aromatic carbocycles. The van der Waals surface area contributed by atoms with Crippen LogP contribution in [0, 0.1) is 17.0 Å². The average Bonchev–Trinajstić information content (AvgIpc) is 2.43. The molecule has 0 aliphatic heterocycles. The maximum atomic E-state index is 11.0. The largest absolute Gasteiger partial charge is 0.508 e. The van der Waals surface area contributed by atoms with Crippen molar-refractivity contribution < 1.29 is 19.5 Å². The van der Waals surface area contributed by atoms with Gasteiger partial charge in [0.05, 0.1) is 12.0 Å². The van der Waals surface area contributed by atoms with Crippen molar-refractivity contribution in [2.45, 2.75) is 6.92 Å². The molecule has 0 saturated heterocycles. The van der Waals surface area contributed by atoms with Gasteiger partial charge in [0.15, 0.2) is 0 Å². The Labute approximate surface area is 114 Å². The predicted molar refractivity (Wildman–Crippen MR) is 70.4 cm³/mol. The number of hydrogen-bond donors (Lipinski definition) is 1. The predicted octanol–water partition coefficient (Wildman–Crippen LogP) is 2.80. The van der Waals surface area contributed by atoms with Gasteiger partial charge in [-0.2, -0.15) is 4.98 Å². The number of nitro groups is 1. The highest BCUT2D eigenvalue weighted by molar-refractivity contribution is 5.49. The van der Waals surface area contributed by atoms with E-state index in [0.29, 0.717) is 5.56 Å². The summed E-state index contributed by atoms with van der Waals surface area (Å²) in [4.78, 5) is 14.3. The maximum absolute atomic E-state index is 11.0. The van der Waals surface area contributed by atoms with Crippen LogP contribution in [0.5, 0.6) is 23.3 Å². The molecule has 0 atom stereocenters. The number of methoxy groups -OCH3 is 1. The van der Waals surface area contributed by atoms with E-state index >= 15 is 0 Å². The van der Waals surface area contributed by atoms with Gasteiger partial charge >= 0.3 is 11.6 Å². The molecule has 0 bridgehead atoms. The number of aromatic nitrogens is 1. The molecule has 7 nitrogen and oxygen atoms in total. The minimum absolute atomic E-state index is 0.0352. The van der Waals surface area contributed by atoms with E-state index < -0.39 is 4.92 Å². The van der Waals surface area contributed by atoms with Crippen molar-refractivity contribution in [3.63, 3.8) is 0 Å². The molecule has 7 heteroatoms. The second-order valence-electron chi connectivity index (χ2n) is 3.94. The van der Waals surface area contributed by atoms with Gasteiger partial charge in [-0.1, -0.05) is 6.07 Å². The highest BCUT2D eigenvalue weighted by Gasteiger charge is 2.20. The highest BCUT2D eigenvalue weighted by Crippen LogP contribution is 2.34. The minimum atomic E-state index is -0.597. The summed E-state index contributed by atoms with van der Waals surface area (Å²) < 4.78 is 10.4. The van der Waals surface area contributed by atoms with Crippen LogP contribution in [0.2, 0.25) is 0 Å². The molecule has 0 aliphatic rings. The number of ether oxygens (including phenoxy) is 2. The summed E-state index contributed by atoms with van der Waals surface area (Å²) >= 11 is 0. The van der Waals surface area contributed by atoms with Crippen molar-refractivity contribution in [2.24, 2.45) is 0 Å². The molecule has 1 heterocycles. The van der Waals surface area contributed by atoms with Crippen LogP contribution >= 0.6 is 0 Å². The maximum Gasteiger partial charge on any atom is 0.331 e. The molecule has 20 heavy (non-hydrogen) atoms. The van der Waals surface area contributed by atoms with E-state index in [4.69, 9.17) is 9.47 Å². The minimum Gasteiger partial charge on any atom is -0.508 e. The summed E-state index contributed by atoms with van der Waals surface area (Å²) in [6.07, 6.45) is 0. The van der Waals surface area contributed by atoms with Crippen LogP contribution in [0.15, 0.2) is 30.3 Å². The second kappa shape index (κ2) is 5.43. The first-order chi connectivity index (χ1) is 9.52. The van der Waals surface area contributed by atoms with E-state index in [1.807, 2.05) is 0 Å². The Balaban J connectivity index is 2.46. The standard InChI is InChI=1S/C13H12N2O5/c1-8-10(16)4-3-5-11(8)20-13-9(15(17)18)6-7-12(14-13)19-2/h3-7,16H,1-2H3. The van der Waals surface area contributed by atoms with Crippen molar-refractivity contribution in [1.29, 1.82) is 0 Å². The molecule has 0 amide bonds. The van der Waals surface area contributed by atoms with Crippen LogP contribution in [-0.2, 0) is 0 Å². The number of rotatable bonds is 4. The monoisotopic (exact) mass is 276 g/mol. The van der Waals surface area contributed by atoms with Gasteiger partial charge in [0, 0.05) is 17.7 Å². The van der Waals surface area contributed by atoms with Crippen LogP contribution in [0.4, 0.5) is 5.69 Å². The molecule has 0 saturated carbocycles. The normalized spacial score (nSPS) is 10.1. The van der Waals surface area contributed by atoms with Crippen LogP contribution in [-0.4, -0.2) is 22.1 Å². The third kappa shape index (κ3) is 2.61. The Bertz CT molecular complexity index is 657. The fraction of sp³-hybridized carbons (Fsp3) is 0.154. The number of benzene rings is 1. The molecule has 2 aromatic rings. The quantitative estimate of drug-likeness (QED) is 0.681. The van der Waals surface area contributed by atoms with E-state index in [2.05, 4.69) is 4.98 Å². The number of pyridine rings is 1.